The molecule has 0 fully saturated rings. The number of amides is 1. The van der Waals surface area contributed by atoms with Crippen LogP contribution in [0.2, 0.25) is 0 Å². The summed E-state index contributed by atoms with van der Waals surface area (Å²) in [6.07, 6.45) is 0.790. The molecule has 14 heavy (non-hydrogen) atoms. The van der Waals surface area contributed by atoms with Crippen molar-refractivity contribution in [1.29, 1.82) is 0 Å². The van der Waals surface area contributed by atoms with Gasteiger partial charge in [-0.1, -0.05) is 0 Å². The summed E-state index contributed by atoms with van der Waals surface area (Å²) in [5.74, 6) is 0.527. The molecule has 1 aromatic heterocycles. The van der Waals surface area contributed by atoms with Crippen molar-refractivity contribution in [3.63, 3.8) is 0 Å². The molecule has 0 spiro atoms. The first kappa shape index (κ1) is 12.0. The van der Waals surface area contributed by atoms with E-state index >= 15 is 0 Å². The lowest BCUT2D eigenvalue weighted by molar-refractivity contribution is 0.0940. The third kappa shape index (κ3) is 3.59. The number of hydrogen-bond donors (Lipinski definition) is 1. The summed E-state index contributed by atoms with van der Waals surface area (Å²) in [7, 11) is 0. The Morgan fingerprint density at radius 3 is 3.00 bits per heavy atom. The second kappa shape index (κ2) is 5.73. The Kier molecular flexibility index (Phi) is 4.92. The summed E-state index contributed by atoms with van der Waals surface area (Å²) in [4.78, 5) is 11.6. The molecule has 0 aromatic carbocycles. The lowest BCUT2D eigenvalue weighted by atomic mass is 10.2. The fourth-order valence-corrected chi connectivity index (χ4v) is 2.44. The molecule has 0 aliphatic carbocycles. The average Bonchev–Trinajstić information content (AvgIpc) is 2.52. The Hall–Kier alpha value is -0.0600. The van der Waals surface area contributed by atoms with Crippen LogP contribution in [0.5, 0.6) is 0 Å². The van der Waals surface area contributed by atoms with Gasteiger partial charge in [0.05, 0.1) is 9.35 Å². The Bertz CT molecular complexity index is 316. The Labute approximate surface area is 101 Å². The monoisotopic (exact) mass is 295 g/mol. The first-order chi connectivity index (χ1) is 6.63. The molecule has 78 valence electrons. The highest BCUT2D eigenvalue weighted by Gasteiger charge is 2.10. The van der Waals surface area contributed by atoms with E-state index < -0.39 is 0 Å². The van der Waals surface area contributed by atoms with Crippen LogP contribution in [-0.4, -0.2) is 17.8 Å². The second-order valence-electron chi connectivity index (χ2n) is 2.99. The minimum atomic E-state index is -0.0374. The molecule has 1 heterocycles. The van der Waals surface area contributed by atoms with E-state index in [0.717, 1.165) is 10.2 Å². The van der Waals surface area contributed by atoms with Crippen molar-refractivity contribution >= 4 is 44.8 Å². The number of halogens is 2. The Morgan fingerprint density at radius 1 is 1.79 bits per heavy atom. The van der Waals surface area contributed by atoms with Gasteiger partial charge in [0.25, 0.3) is 5.91 Å². The smallest absolute Gasteiger partial charge is 0.252 e. The molecule has 1 unspecified atom stereocenters. The maximum atomic E-state index is 11.6. The number of rotatable bonds is 4. The summed E-state index contributed by atoms with van der Waals surface area (Å²) < 4.78 is 0.965. The Morgan fingerprint density at radius 2 is 2.50 bits per heavy atom. The highest BCUT2D eigenvalue weighted by atomic mass is 79.9. The molecular formula is C9H11BrClNOS. The number of alkyl halides is 1. The molecule has 0 aliphatic heterocycles. The minimum Gasteiger partial charge on any atom is -0.350 e. The molecule has 0 saturated heterocycles. The molecule has 0 aliphatic rings. The van der Waals surface area contributed by atoms with E-state index in [1.807, 2.05) is 18.4 Å². The zero-order valence-electron chi connectivity index (χ0n) is 7.72. The van der Waals surface area contributed by atoms with Gasteiger partial charge in [0.1, 0.15) is 0 Å². The summed E-state index contributed by atoms with van der Waals surface area (Å²) in [6.45, 7) is 1.95. The maximum absolute atomic E-state index is 11.6. The number of hydrogen-bond acceptors (Lipinski definition) is 2. The standard InChI is InChI=1S/C9H11BrClNOS/c1-6(2-3-11)12-9(13)7-4-8(10)14-5-7/h4-6H,2-3H2,1H3,(H,12,13). The lowest BCUT2D eigenvalue weighted by Gasteiger charge is -2.10. The number of carbonyl (C=O) groups is 1. The van der Waals surface area contributed by atoms with Crippen LogP contribution in [0.4, 0.5) is 0 Å². The van der Waals surface area contributed by atoms with E-state index in [1.165, 1.54) is 11.3 Å². The summed E-state index contributed by atoms with van der Waals surface area (Å²) in [5, 5.41) is 4.70. The number of carbonyl (C=O) groups excluding carboxylic acids is 1. The highest BCUT2D eigenvalue weighted by molar-refractivity contribution is 9.11. The van der Waals surface area contributed by atoms with Crippen LogP contribution in [0.25, 0.3) is 0 Å². The van der Waals surface area contributed by atoms with Gasteiger partial charge in [0.15, 0.2) is 0 Å². The second-order valence-corrected chi connectivity index (χ2v) is 5.66. The van der Waals surface area contributed by atoms with Gasteiger partial charge in [-0.15, -0.1) is 22.9 Å². The van der Waals surface area contributed by atoms with E-state index in [9.17, 15) is 4.79 Å². The van der Waals surface area contributed by atoms with Crippen molar-refractivity contribution in [2.45, 2.75) is 19.4 Å². The van der Waals surface area contributed by atoms with Crippen LogP contribution >= 0.6 is 38.9 Å². The van der Waals surface area contributed by atoms with Gasteiger partial charge in [0, 0.05) is 17.3 Å². The van der Waals surface area contributed by atoms with E-state index in [0.29, 0.717) is 11.4 Å². The maximum Gasteiger partial charge on any atom is 0.252 e. The average molecular weight is 297 g/mol. The first-order valence-electron chi connectivity index (χ1n) is 4.24. The largest absolute Gasteiger partial charge is 0.350 e. The third-order valence-electron chi connectivity index (χ3n) is 1.75. The fourth-order valence-electron chi connectivity index (χ4n) is 0.972. The van der Waals surface area contributed by atoms with Gasteiger partial charge in [-0.05, 0) is 35.3 Å². The number of nitrogens with one attached hydrogen (secondary N) is 1. The molecule has 0 bridgehead atoms. The van der Waals surface area contributed by atoms with E-state index in [1.54, 1.807) is 0 Å². The zero-order valence-corrected chi connectivity index (χ0v) is 10.9. The summed E-state index contributed by atoms with van der Waals surface area (Å²) in [5.41, 5.74) is 0.697. The molecule has 0 radical (unpaired) electrons. The number of thiophene rings is 1. The van der Waals surface area contributed by atoms with E-state index in [4.69, 9.17) is 11.6 Å². The van der Waals surface area contributed by atoms with Crippen molar-refractivity contribution in [2.75, 3.05) is 5.88 Å². The lowest BCUT2D eigenvalue weighted by Crippen LogP contribution is -2.32. The predicted octanol–water partition coefficient (Wildman–Crippen LogP) is 3.26. The summed E-state index contributed by atoms with van der Waals surface area (Å²) in [6, 6.07) is 1.94. The molecule has 1 rings (SSSR count). The SMILES string of the molecule is CC(CCCl)NC(=O)c1csc(Br)c1. The Balaban J connectivity index is 2.50. The van der Waals surface area contributed by atoms with Crippen LogP contribution < -0.4 is 5.32 Å². The fraction of sp³-hybridized carbons (Fsp3) is 0.444. The van der Waals surface area contributed by atoms with Gasteiger partial charge in [-0.2, -0.15) is 0 Å². The van der Waals surface area contributed by atoms with Crippen molar-refractivity contribution in [3.8, 4) is 0 Å². The topological polar surface area (TPSA) is 29.1 Å². The molecule has 2 nitrogen and oxygen atoms in total. The highest BCUT2D eigenvalue weighted by Crippen LogP contribution is 2.20. The van der Waals surface area contributed by atoms with Crippen molar-refractivity contribution < 1.29 is 4.79 Å². The van der Waals surface area contributed by atoms with Gasteiger partial charge in [0.2, 0.25) is 0 Å². The molecule has 1 amide bonds. The molecule has 0 saturated carbocycles. The molecule has 1 N–H and O–H groups in total. The van der Waals surface area contributed by atoms with Gasteiger partial charge in [-0.3, -0.25) is 4.79 Å². The van der Waals surface area contributed by atoms with Gasteiger partial charge in [-0.25, -0.2) is 0 Å². The third-order valence-corrected chi connectivity index (χ3v) is 3.47. The first-order valence-corrected chi connectivity index (χ1v) is 6.45. The van der Waals surface area contributed by atoms with Crippen molar-refractivity contribution in [3.05, 3.63) is 20.8 Å². The molecular weight excluding hydrogens is 286 g/mol. The van der Waals surface area contributed by atoms with Crippen molar-refractivity contribution in [1.82, 2.24) is 5.32 Å². The van der Waals surface area contributed by atoms with Gasteiger partial charge >= 0.3 is 0 Å². The van der Waals surface area contributed by atoms with Crippen LogP contribution in [-0.2, 0) is 0 Å². The van der Waals surface area contributed by atoms with E-state index in [-0.39, 0.29) is 11.9 Å². The predicted molar refractivity (Wildman–Crippen MR) is 64.3 cm³/mol. The zero-order chi connectivity index (χ0) is 10.6. The van der Waals surface area contributed by atoms with Gasteiger partial charge < -0.3 is 5.32 Å². The van der Waals surface area contributed by atoms with Crippen LogP contribution in [0.1, 0.15) is 23.7 Å². The van der Waals surface area contributed by atoms with Crippen molar-refractivity contribution in [2.24, 2.45) is 0 Å². The van der Waals surface area contributed by atoms with E-state index in [2.05, 4.69) is 21.2 Å². The van der Waals surface area contributed by atoms with Crippen LogP contribution in [0, 0.1) is 0 Å². The normalized spacial score (nSPS) is 12.5. The van der Waals surface area contributed by atoms with Crippen LogP contribution in [0.3, 0.4) is 0 Å². The molecule has 1 atom stereocenters. The molecule has 1 aromatic rings. The minimum absolute atomic E-state index is 0.0374. The van der Waals surface area contributed by atoms with Crippen LogP contribution in [0.15, 0.2) is 15.2 Å². The quantitative estimate of drug-likeness (QED) is 0.849. The molecule has 5 heteroatoms. The summed E-state index contributed by atoms with van der Waals surface area (Å²) >= 11 is 10.4.